The zero-order valence-electron chi connectivity index (χ0n) is 11.2. The van der Waals surface area contributed by atoms with Gasteiger partial charge in [0.2, 0.25) is 5.91 Å². The summed E-state index contributed by atoms with van der Waals surface area (Å²) in [5, 5.41) is 7.32. The van der Waals surface area contributed by atoms with Gasteiger partial charge in [0.15, 0.2) is 0 Å². The van der Waals surface area contributed by atoms with E-state index in [1.807, 2.05) is 19.2 Å². The number of halogens is 1. The molecule has 0 aliphatic rings. The van der Waals surface area contributed by atoms with Crippen LogP contribution in [0.15, 0.2) is 36.7 Å². The van der Waals surface area contributed by atoms with Gasteiger partial charge >= 0.3 is 0 Å². The van der Waals surface area contributed by atoms with Crippen molar-refractivity contribution in [3.8, 4) is 5.75 Å². The van der Waals surface area contributed by atoms with Crippen molar-refractivity contribution >= 4 is 23.2 Å². The largest absolute Gasteiger partial charge is 0.492 e. The van der Waals surface area contributed by atoms with Crippen LogP contribution in [-0.2, 0) is 11.3 Å². The minimum Gasteiger partial charge on any atom is -0.492 e. The summed E-state index contributed by atoms with van der Waals surface area (Å²) in [6.45, 7) is 2.99. The number of nitrogens with zero attached hydrogens (tertiary/aromatic N) is 2. The standard InChI is InChI=1S/C14H16ClN3O2/c1-2-20-13-5-4-11(10-12(13)15)17-14(19)6-9-18-8-3-7-16-18/h3-5,7-8,10H,2,6,9H2,1H3,(H,17,19). The first-order valence-corrected chi connectivity index (χ1v) is 6.76. The second-order valence-electron chi connectivity index (χ2n) is 4.15. The van der Waals surface area contributed by atoms with E-state index in [0.29, 0.717) is 36.0 Å². The lowest BCUT2D eigenvalue weighted by Gasteiger charge is -2.09. The summed E-state index contributed by atoms with van der Waals surface area (Å²) in [5.74, 6) is 0.532. The number of benzene rings is 1. The number of aryl methyl sites for hydroxylation is 1. The van der Waals surface area contributed by atoms with Crippen molar-refractivity contribution in [2.45, 2.75) is 19.9 Å². The number of aromatic nitrogens is 2. The van der Waals surface area contributed by atoms with Crippen LogP contribution in [0.2, 0.25) is 5.02 Å². The Kier molecular flexibility index (Phi) is 5.01. The van der Waals surface area contributed by atoms with Crippen molar-refractivity contribution in [2.24, 2.45) is 0 Å². The molecule has 6 heteroatoms. The van der Waals surface area contributed by atoms with E-state index >= 15 is 0 Å². The highest BCUT2D eigenvalue weighted by atomic mass is 35.5. The first kappa shape index (κ1) is 14.4. The van der Waals surface area contributed by atoms with Crippen molar-refractivity contribution < 1.29 is 9.53 Å². The first-order chi connectivity index (χ1) is 9.69. The van der Waals surface area contributed by atoms with Crippen LogP contribution in [0, 0.1) is 0 Å². The van der Waals surface area contributed by atoms with Crippen molar-refractivity contribution in [3.63, 3.8) is 0 Å². The van der Waals surface area contributed by atoms with Crippen LogP contribution >= 0.6 is 11.6 Å². The number of anilines is 1. The van der Waals surface area contributed by atoms with Crippen LogP contribution in [0.3, 0.4) is 0 Å². The molecule has 0 aliphatic heterocycles. The second-order valence-corrected chi connectivity index (χ2v) is 4.55. The van der Waals surface area contributed by atoms with Crippen LogP contribution in [0.25, 0.3) is 0 Å². The van der Waals surface area contributed by atoms with Crippen LogP contribution in [0.4, 0.5) is 5.69 Å². The maximum atomic E-state index is 11.8. The zero-order valence-corrected chi connectivity index (χ0v) is 11.9. The number of carbonyl (C=O) groups excluding carboxylic acids is 1. The van der Waals surface area contributed by atoms with Gasteiger partial charge in [-0.05, 0) is 31.2 Å². The lowest BCUT2D eigenvalue weighted by Crippen LogP contribution is -2.14. The van der Waals surface area contributed by atoms with Crippen molar-refractivity contribution in [1.82, 2.24) is 9.78 Å². The van der Waals surface area contributed by atoms with Gasteiger partial charge in [0, 0.05) is 31.0 Å². The summed E-state index contributed by atoms with van der Waals surface area (Å²) in [6.07, 6.45) is 3.86. The van der Waals surface area contributed by atoms with Crippen molar-refractivity contribution in [3.05, 3.63) is 41.7 Å². The van der Waals surface area contributed by atoms with Crippen molar-refractivity contribution in [2.75, 3.05) is 11.9 Å². The molecule has 0 aliphatic carbocycles. The molecule has 1 heterocycles. The average molecular weight is 294 g/mol. The number of nitrogens with one attached hydrogen (secondary N) is 1. The Morgan fingerprint density at radius 3 is 3.00 bits per heavy atom. The van der Waals surface area contributed by atoms with Crippen molar-refractivity contribution in [1.29, 1.82) is 0 Å². The average Bonchev–Trinajstić information content (AvgIpc) is 2.93. The zero-order chi connectivity index (χ0) is 14.4. The maximum absolute atomic E-state index is 11.8. The summed E-state index contributed by atoms with van der Waals surface area (Å²) in [5.41, 5.74) is 0.656. The quantitative estimate of drug-likeness (QED) is 0.891. The van der Waals surface area contributed by atoms with Gasteiger partial charge < -0.3 is 10.1 Å². The molecule has 0 bridgehead atoms. The second kappa shape index (κ2) is 6.96. The van der Waals surface area contributed by atoms with E-state index in [1.165, 1.54) is 0 Å². The Balaban J connectivity index is 1.89. The molecule has 2 rings (SSSR count). The van der Waals surface area contributed by atoms with Crippen LogP contribution < -0.4 is 10.1 Å². The Labute approximate surface area is 122 Å². The number of rotatable bonds is 6. The number of ether oxygens (including phenoxy) is 1. The Morgan fingerprint density at radius 2 is 2.35 bits per heavy atom. The molecule has 0 fully saturated rings. The molecule has 1 aromatic carbocycles. The summed E-state index contributed by atoms with van der Waals surface area (Å²) in [4.78, 5) is 11.8. The lowest BCUT2D eigenvalue weighted by atomic mass is 10.3. The highest BCUT2D eigenvalue weighted by molar-refractivity contribution is 6.32. The maximum Gasteiger partial charge on any atom is 0.226 e. The summed E-state index contributed by atoms with van der Waals surface area (Å²) in [6, 6.07) is 7.01. The smallest absolute Gasteiger partial charge is 0.226 e. The molecule has 106 valence electrons. The molecule has 20 heavy (non-hydrogen) atoms. The Morgan fingerprint density at radius 1 is 1.50 bits per heavy atom. The van der Waals surface area contributed by atoms with E-state index in [2.05, 4.69) is 10.4 Å². The fraction of sp³-hybridized carbons (Fsp3) is 0.286. The molecular weight excluding hydrogens is 278 g/mol. The molecule has 1 N–H and O–H groups in total. The number of amides is 1. The van der Waals surface area contributed by atoms with E-state index in [0.717, 1.165) is 0 Å². The minimum absolute atomic E-state index is 0.0827. The molecule has 1 aromatic heterocycles. The van der Waals surface area contributed by atoms with Gasteiger partial charge in [-0.1, -0.05) is 11.6 Å². The molecule has 0 saturated carbocycles. The van der Waals surface area contributed by atoms with Crippen LogP contribution in [-0.4, -0.2) is 22.3 Å². The first-order valence-electron chi connectivity index (χ1n) is 6.38. The van der Waals surface area contributed by atoms with Crippen LogP contribution in [0.5, 0.6) is 5.75 Å². The van der Waals surface area contributed by atoms with E-state index in [4.69, 9.17) is 16.3 Å². The lowest BCUT2D eigenvalue weighted by molar-refractivity contribution is -0.116. The summed E-state index contributed by atoms with van der Waals surface area (Å²) < 4.78 is 7.05. The fourth-order valence-electron chi connectivity index (χ4n) is 1.72. The van der Waals surface area contributed by atoms with E-state index in [9.17, 15) is 4.79 Å². The van der Waals surface area contributed by atoms with Gasteiger partial charge in [-0.3, -0.25) is 9.48 Å². The number of hydrogen-bond acceptors (Lipinski definition) is 3. The third kappa shape index (κ3) is 3.99. The Hall–Kier alpha value is -2.01. The monoisotopic (exact) mass is 293 g/mol. The van der Waals surface area contributed by atoms with E-state index < -0.39 is 0 Å². The summed E-state index contributed by atoms with van der Waals surface area (Å²) >= 11 is 6.06. The molecule has 1 amide bonds. The third-order valence-corrected chi connectivity index (χ3v) is 2.94. The van der Waals surface area contributed by atoms with Gasteiger partial charge in [0.1, 0.15) is 5.75 Å². The Bertz CT molecular complexity index is 570. The molecular formula is C14H16ClN3O2. The molecule has 2 aromatic rings. The minimum atomic E-state index is -0.0827. The third-order valence-electron chi connectivity index (χ3n) is 2.64. The van der Waals surface area contributed by atoms with Gasteiger partial charge in [0.05, 0.1) is 11.6 Å². The van der Waals surface area contributed by atoms with Gasteiger partial charge in [-0.15, -0.1) is 0 Å². The number of carbonyl (C=O) groups is 1. The molecule has 0 radical (unpaired) electrons. The summed E-state index contributed by atoms with van der Waals surface area (Å²) in [7, 11) is 0. The molecule has 0 unspecified atom stereocenters. The van der Waals surface area contributed by atoms with E-state index in [1.54, 1.807) is 29.1 Å². The highest BCUT2D eigenvalue weighted by Crippen LogP contribution is 2.27. The predicted octanol–water partition coefficient (Wildman–Crippen LogP) is 2.96. The fourth-order valence-corrected chi connectivity index (χ4v) is 1.96. The van der Waals surface area contributed by atoms with Gasteiger partial charge in [-0.2, -0.15) is 5.10 Å². The SMILES string of the molecule is CCOc1ccc(NC(=O)CCn2cccn2)cc1Cl. The molecule has 0 saturated heterocycles. The topological polar surface area (TPSA) is 56.1 Å². The van der Waals surface area contributed by atoms with Gasteiger partial charge in [-0.25, -0.2) is 0 Å². The molecule has 0 atom stereocenters. The highest BCUT2D eigenvalue weighted by Gasteiger charge is 2.06. The predicted molar refractivity (Wildman–Crippen MR) is 78.1 cm³/mol. The van der Waals surface area contributed by atoms with Gasteiger partial charge in [0.25, 0.3) is 0 Å². The van der Waals surface area contributed by atoms with E-state index in [-0.39, 0.29) is 5.91 Å². The number of hydrogen-bond donors (Lipinski definition) is 1. The molecule has 0 spiro atoms. The van der Waals surface area contributed by atoms with Crippen LogP contribution in [0.1, 0.15) is 13.3 Å². The normalized spacial score (nSPS) is 10.3. The molecule has 5 nitrogen and oxygen atoms in total.